The van der Waals surface area contributed by atoms with Crippen molar-refractivity contribution in [3.8, 4) is 0 Å². The summed E-state index contributed by atoms with van der Waals surface area (Å²) in [5.41, 5.74) is 7.23. The number of nitrogens with zero attached hydrogens (tertiary/aromatic N) is 1. The van der Waals surface area contributed by atoms with Gasteiger partial charge in [0.2, 0.25) is 0 Å². The smallest absolute Gasteiger partial charge is 0.0551 e. The maximum absolute atomic E-state index is 6.20. The van der Waals surface area contributed by atoms with Crippen LogP contribution in [0.4, 0.5) is 0 Å². The summed E-state index contributed by atoms with van der Waals surface area (Å²) in [5, 5.41) is 1.49. The fraction of sp³-hybridized carbons (Fsp3) is 0.571. The van der Waals surface area contributed by atoms with E-state index >= 15 is 0 Å². The van der Waals surface area contributed by atoms with Crippen LogP contribution in [0.2, 0.25) is 5.02 Å². The van der Waals surface area contributed by atoms with Crippen LogP contribution >= 0.6 is 39.3 Å². The number of halogens is 2. The number of thioether (sulfide) groups is 1. The Kier molecular flexibility index (Phi) is 6.03. The Bertz CT molecular complexity index is 430. The first-order valence-electron chi connectivity index (χ1n) is 6.66. The second-order valence-corrected chi connectivity index (χ2v) is 7.49. The zero-order valence-electron chi connectivity index (χ0n) is 11.1. The number of rotatable bonds is 4. The van der Waals surface area contributed by atoms with E-state index in [2.05, 4.69) is 45.6 Å². The molecule has 2 unspecified atom stereocenters. The molecule has 0 aromatic heterocycles. The van der Waals surface area contributed by atoms with E-state index in [1.165, 1.54) is 17.7 Å². The number of benzene rings is 1. The van der Waals surface area contributed by atoms with E-state index in [-0.39, 0.29) is 6.04 Å². The van der Waals surface area contributed by atoms with E-state index in [1.807, 2.05) is 12.1 Å². The van der Waals surface area contributed by atoms with E-state index in [9.17, 15) is 0 Å². The third kappa shape index (κ3) is 3.88. The lowest BCUT2D eigenvalue weighted by molar-refractivity contribution is 0.207. The Labute approximate surface area is 133 Å². The highest BCUT2D eigenvalue weighted by Gasteiger charge is 2.25. The average molecular weight is 364 g/mol. The molecular formula is C14H20BrClN2S. The van der Waals surface area contributed by atoms with Crippen molar-refractivity contribution in [1.82, 2.24) is 4.90 Å². The van der Waals surface area contributed by atoms with E-state index in [4.69, 9.17) is 17.3 Å². The van der Waals surface area contributed by atoms with Gasteiger partial charge in [0.05, 0.1) is 5.02 Å². The lowest BCUT2D eigenvalue weighted by Gasteiger charge is -2.37. The molecule has 1 aliphatic rings. The summed E-state index contributed by atoms with van der Waals surface area (Å²) in [6, 6.07) is 6.44. The quantitative estimate of drug-likeness (QED) is 0.879. The third-order valence-corrected chi connectivity index (χ3v) is 6.22. The lowest BCUT2D eigenvalue weighted by Crippen LogP contribution is -2.42. The van der Waals surface area contributed by atoms with Crippen LogP contribution in [0.5, 0.6) is 0 Å². The lowest BCUT2D eigenvalue weighted by atomic mass is 10.0. The summed E-state index contributed by atoms with van der Waals surface area (Å²) < 4.78 is 0.939. The van der Waals surface area contributed by atoms with Gasteiger partial charge in [-0.1, -0.05) is 24.6 Å². The highest BCUT2D eigenvalue weighted by Crippen LogP contribution is 2.31. The zero-order chi connectivity index (χ0) is 13.8. The Morgan fingerprint density at radius 2 is 2.37 bits per heavy atom. The molecule has 106 valence electrons. The van der Waals surface area contributed by atoms with Gasteiger partial charge in [-0.15, -0.1) is 0 Å². The first-order chi connectivity index (χ1) is 9.15. The second-order valence-electron chi connectivity index (χ2n) is 4.82. The van der Waals surface area contributed by atoms with Crippen molar-refractivity contribution in [3.63, 3.8) is 0 Å². The van der Waals surface area contributed by atoms with Gasteiger partial charge in [0.15, 0.2) is 0 Å². The largest absolute Gasteiger partial charge is 0.329 e. The minimum absolute atomic E-state index is 0.278. The van der Waals surface area contributed by atoms with Crippen LogP contribution in [0, 0.1) is 0 Å². The van der Waals surface area contributed by atoms with Gasteiger partial charge < -0.3 is 5.73 Å². The van der Waals surface area contributed by atoms with E-state index in [0.717, 1.165) is 27.8 Å². The van der Waals surface area contributed by atoms with Gasteiger partial charge >= 0.3 is 0 Å². The van der Waals surface area contributed by atoms with Crippen LogP contribution in [-0.2, 0) is 0 Å². The molecule has 0 saturated carbocycles. The van der Waals surface area contributed by atoms with Crippen LogP contribution in [-0.4, -0.2) is 35.5 Å². The SMILES string of the molecule is CCC1CN(C(CN)c2ccc(Br)c(Cl)c2)CCS1. The summed E-state index contributed by atoms with van der Waals surface area (Å²) in [6.45, 7) is 5.13. The summed E-state index contributed by atoms with van der Waals surface area (Å²) >= 11 is 11.7. The minimum atomic E-state index is 0.278. The van der Waals surface area contributed by atoms with E-state index in [1.54, 1.807) is 0 Å². The summed E-state index contributed by atoms with van der Waals surface area (Å²) in [4.78, 5) is 2.50. The number of nitrogens with two attached hydrogens (primary N) is 1. The monoisotopic (exact) mass is 362 g/mol. The first-order valence-corrected chi connectivity index (χ1v) is 8.88. The van der Waals surface area contributed by atoms with Crippen LogP contribution in [0.3, 0.4) is 0 Å². The van der Waals surface area contributed by atoms with Crippen LogP contribution in [0.15, 0.2) is 22.7 Å². The highest BCUT2D eigenvalue weighted by molar-refractivity contribution is 9.10. The Hall–Kier alpha value is 0.260. The van der Waals surface area contributed by atoms with Crippen molar-refractivity contribution >= 4 is 39.3 Å². The second kappa shape index (κ2) is 7.32. The van der Waals surface area contributed by atoms with Crippen molar-refractivity contribution in [1.29, 1.82) is 0 Å². The van der Waals surface area contributed by atoms with E-state index < -0.39 is 0 Å². The van der Waals surface area contributed by atoms with Crippen molar-refractivity contribution in [2.24, 2.45) is 5.73 Å². The molecule has 2 atom stereocenters. The van der Waals surface area contributed by atoms with Crippen molar-refractivity contribution in [2.75, 3.05) is 25.4 Å². The Morgan fingerprint density at radius 3 is 3.00 bits per heavy atom. The molecule has 1 saturated heterocycles. The van der Waals surface area contributed by atoms with Crippen LogP contribution < -0.4 is 5.73 Å². The van der Waals surface area contributed by atoms with Gasteiger partial charge in [-0.25, -0.2) is 0 Å². The fourth-order valence-corrected chi connectivity index (χ4v) is 4.13. The van der Waals surface area contributed by atoms with Gasteiger partial charge in [0.25, 0.3) is 0 Å². The molecule has 0 aliphatic carbocycles. The normalized spacial score (nSPS) is 22.4. The predicted molar refractivity (Wildman–Crippen MR) is 89.1 cm³/mol. The topological polar surface area (TPSA) is 29.3 Å². The van der Waals surface area contributed by atoms with Crippen molar-refractivity contribution < 1.29 is 0 Å². The standard InChI is InChI=1S/C14H20BrClN2S/c1-2-11-9-18(5-6-19-11)14(8-17)10-3-4-12(15)13(16)7-10/h3-4,7,11,14H,2,5-6,8-9,17H2,1H3. The highest BCUT2D eigenvalue weighted by atomic mass is 79.9. The molecule has 0 radical (unpaired) electrons. The predicted octanol–water partition coefficient (Wildman–Crippen LogP) is 3.93. The maximum Gasteiger partial charge on any atom is 0.0551 e. The average Bonchev–Trinajstić information content (AvgIpc) is 2.44. The molecule has 0 bridgehead atoms. The van der Waals surface area contributed by atoms with Gasteiger partial charge in [-0.05, 0) is 40.0 Å². The molecule has 2 nitrogen and oxygen atoms in total. The first kappa shape index (κ1) is 15.6. The molecule has 1 heterocycles. The minimum Gasteiger partial charge on any atom is -0.329 e. The van der Waals surface area contributed by atoms with Crippen LogP contribution in [0.1, 0.15) is 24.9 Å². The Morgan fingerprint density at radius 1 is 1.58 bits per heavy atom. The molecule has 1 aromatic carbocycles. The van der Waals surface area contributed by atoms with Crippen LogP contribution in [0.25, 0.3) is 0 Å². The molecule has 0 amide bonds. The molecule has 1 fully saturated rings. The summed E-state index contributed by atoms with van der Waals surface area (Å²) in [5.74, 6) is 1.19. The van der Waals surface area contributed by atoms with Gasteiger partial charge in [0.1, 0.15) is 0 Å². The zero-order valence-corrected chi connectivity index (χ0v) is 14.3. The molecule has 0 spiro atoms. The van der Waals surface area contributed by atoms with Gasteiger partial charge in [-0.2, -0.15) is 11.8 Å². The summed E-state index contributed by atoms with van der Waals surface area (Å²) in [6.07, 6.45) is 1.22. The van der Waals surface area contributed by atoms with Gasteiger partial charge in [-0.3, -0.25) is 4.90 Å². The molecule has 2 rings (SSSR count). The molecule has 5 heteroatoms. The number of hydrogen-bond donors (Lipinski definition) is 1. The summed E-state index contributed by atoms with van der Waals surface area (Å²) in [7, 11) is 0. The molecule has 1 aliphatic heterocycles. The molecule has 1 aromatic rings. The fourth-order valence-electron chi connectivity index (χ4n) is 2.49. The maximum atomic E-state index is 6.20. The van der Waals surface area contributed by atoms with E-state index in [0.29, 0.717) is 6.54 Å². The van der Waals surface area contributed by atoms with Gasteiger partial charge in [0, 0.05) is 41.2 Å². The Balaban J connectivity index is 2.16. The third-order valence-electron chi connectivity index (χ3n) is 3.62. The number of hydrogen-bond acceptors (Lipinski definition) is 3. The molecule has 2 N–H and O–H groups in total. The van der Waals surface area contributed by atoms with Crippen molar-refractivity contribution in [2.45, 2.75) is 24.6 Å². The molecule has 19 heavy (non-hydrogen) atoms. The molecular weight excluding hydrogens is 344 g/mol. The van der Waals surface area contributed by atoms with Crippen molar-refractivity contribution in [3.05, 3.63) is 33.3 Å².